The number of halogens is 3. The van der Waals surface area contributed by atoms with Gasteiger partial charge in [0.15, 0.2) is 0 Å². The lowest BCUT2D eigenvalue weighted by Crippen LogP contribution is -2.47. The molecule has 3 heterocycles. The quantitative estimate of drug-likeness (QED) is 0.225. The number of rotatable bonds is 6. The Balaban J connectivity index is 1.38. The molecule has 3 fully saturated rings. The molecule has 0 spiro atoms. The second-order valence-corrected chi connectivity index (χ2v) is 11.6. The molecule has 0 bridgehead atoms. The fourth-order valence-corrected chi connectivity index (χ4v) is 6.77. The lowest BCUT2D eigenvalue weighted by atomic mass is 9.70. The molecular weight excluding hydrogens is 549 g/mol. The number of carbonyl (C=O) groups is 2. The van der Waals surface area contributed by atoms with Gasteiger partial charge in [0.05, 0.1) is 22.5 Å². The maximum atomic E-state index is 13.7. The molecule has 2 amide bonds. The molecule has 0 radical (unpaired) electrons. The lowest BCUT2D eigenvalue weighted by molar-refractivity contribution is -0.124. The van der Waals surface area contributed by atoms with Gasteiger partial charge < -0.3 is 9.88 Å². The van der Waals surface area contributed by atoms with Crippen molar-refractivity contribution in [3.63, 3.8) is 0 Å². The summed E-state index contributed by atoms with van der Waals surface area (Å²) in [5, 5.41) is 9.99. The minimum absolute atomic E-state index is 0.136. The van der Waals surface area contributed by atoms with E-state index in [0.29, 0.717) is 44.4 Å². The smallest absolute Gasteiger partial charge is 0.257 e. The van der Waals surface area contributed by atoms with Crippen molar-refractivity contribution < 1.29 is 22.8 Å². The highest BCUT2D eigenvalue weighted by Gasteiger charge is 2.56. The van der Waals surface area contributed by atoms with Crippen LogP contribution in [-0.4, -0.2) is 56.9 Å². The van der Waals surface area contributed by atoms with Crippen LogP contribution >= 0.6 is 0 Å². The number of anilines is 1. The number of aromatic nitrogens is 2. The zero-order valence-corrected chi connectivity index (χ0v) is 23.1. The van der Waals surface area contributed by atoms with Crippen LogP contribution in [0.2, 0.25) is 0 Å². The number of nitrogens with zero attached hydrogens (tertiary/aromatic N) is 6. The van der Waals surface area contributed by atoms with Gasteiger partial charge >= 0.3 is 0 Å². The van der Waals surface area contributed by atoms with Gasteiger partial charge in [0, 0.05) is 55.0 Å². The van der Waals surface area contributed by atoms with Crippen LogP contribution in [0.5, 0.6) is 0 Å². The van der Waals surface area contributed by atoms with Crippen LogP contribution < -0.4 is 10.6 Å². The Morgan fingerprint density at radius 3 is 2.64 bits per heavy atom. The third kappa shape index (κ3) is 5.07. The summed E-state index contributed by atoms with van der Waals surface area (Å²) in [6.07, 6.45) is 1.04. The third-order valence-corrected chi connectivity index (χ3v) is 9.06. The highest BCUT2D eigenvalue weighted by atomic mass is 19.3. The minimum atomic E-state index is -2.63. The third-order valence-electron chi connectivity index (χ3n) is 9.06. The summed E-state index contributed by atoms with van der Waals surface area (Å²) in [6, 6.07) is 10.2. The van der Waals surface area contributed by atoms with Crippen LogP contribution in [0, 0.1) is 11.7 Å². The zero-order valence-electron chi connectivity index (χ0n) is 23.1. The molecule has 3 aliphatic rings. The molecular formula is C29H31F3N8O2. The zero-order chi connectivity index (χ0) is 29.6. The van der Waals surface area contributed by atoms with Crippen LogP contribution in [0.3, 0.4) is 0 Å². The molecule has 4 unspecified atom stereocenters. The number of azide groups is 1. The van der Waals surface area contributed by atoms with Crippen molar-refractivity contribution in [3.8, 4) is 0 Å². The Morgan fingerprint density at radius 1 is 1.19 bits per heavy atom. The topological polar surface area (TPSA) is 128 Å². The van der Waals surface area contributed by atoms with Crippen LogP contribution in [0.25, 0.3) is 21.5 Å². The average molecular weight is 581 g/mol. The molecule has 10 nitrogen and oxygen atoms in total. The van der Waals surface area contributed by atoms with Gasteiger partial charge in [0.25, 0.3) is 11.8 Å². The Labute approximate surface area is 239 Å². The SMILES string of the molecule is CC1NC(=O)C2CCC(n3c(NC(=O)c4ccc(F)cc4)nc4ccc(CN5CCC(F)(F)CC5)cc43)CC12N=[N+]=[N-]. The van der Waals surface area contributed by atoms with Crippen molar-refractivity contribution in [2.24, 2.45) is 11.0 Å². The monoisotopic (exact) mass is 580 g/mol. The number of hydrogen-bond donors (Lipinski definition) is 2. The second kappa shape index (κ2) is 10.6. The largest absolute Gasteiger partial charge is 0.353 e. The number of fused-ring (bicyclic) bond motifs is 2. The van der Waals surface area contributed by atoms with Crippen molar-refractivity contribution in [1.29, 1.82) is 0 Å². The first-order chi connectivity index (χ1) is 20.1. The Hall–Kier alpha value is -4.09. The van der Waals surface area contributed by atoms with Crippen molar-refractivity contribution in [1.82, 2.24) is 19.8 Å². The van der Waals surface area contributed by atoms with E-state index in [4.69, 9.17) is 4.98 Å². The number of hydrogen-bond acceptors (Lipinski definition) is 5. The Bertz CT molecular complexity index is 1580. The van der Waals surface area contributed by atoms with Gasteiger partial charge in [-0.25, -0.2) is 18.2 Å². The maximum absolute atomic E-state index is 13.7. The number of alkyl halides is 2. The fourth-order valence-electron chi connectivity index (χ4n) is 6.77. The first-order valence-corrected chi connectivity index (χ1v) is 14.1. The van der Waals surface area contributed by atoms with Crippen molar-refractivity contribution in [2.45, 2.75) is 69.1 Å². The van der Waals surface area contributed by atoms with Gasteiger partial charge in [-0.2, -0.15) is 0 Å². The van der Waals surface area contributed by atoms with E-state index in [2.05, 4.69) is 20.7 Å². The summed E-state index contributed by atoms with van der Waals surface area (Å²) < 4.78 is 42.8. The summed E-state index contributed by atoms with van der Waals surface area (Å²) in [7, 11) is 0. The number of benzene rings is 2. The van der Waals surface area contributed by atoms with E-state index < -0.39 is 29.1 Å². The predicted molar refractivity (Wildman–Crippen MR) is 149 cm³/mol. The van der Waals surface area contributed by atoms with Gasteiger partial charge in [-0.3, -0.25) is 19.8 Å². The molecule has 2 aromatic carbocycles. The van der Waals surface area contributed by atoms with E-state index in [9.17, 15) is 28.3 Å². The molecule has 1 aromatic heterocycles. The summed E-state index contributed by atoms with van der Waals surface area (Å²) in [6.45, 7) is 2.90. The fraction of sp³-hybridized carbons (Fsp3) is 0.483. The molecule has 4 atom stereocenters. The highest BCUT2D eigenvalue weighted by molar-refractivity contribution is 6.04. The van der Waals surface area contributed by atoms with Gasteiger partial charge in [0.2, 0.25) is 11.9 Å². The number of carbonyl (C=O) groups excluding carboxylic acids is 2. The summed E-state index contributed by atoms with van der Waals surface area (Å²) in [4.78, 5) is 35.7. The van der Waals surface area contributed by atoms with E-state index in [1.807, 2.05) is 34.6 Å². The Morgan fingerprint density at radius 2 is 1.93 bits per heavy atom. The van der Waals surface area contributed by atoms with Gasteiger partial charge in [-0.05, 0) is 73.7 Å². The van der Waals surface area contributed by atoms with Crippen LogP contribution in [0.15, 0.2) is 47.6 Å². The number of amides is 2. The minimum Gasteiger partial charge on any atom is -0.353 e. The molecule has 13 heteroatoms. The standard InChI is InChI=1S/C29H31F3N8O2/c1-17-29(37-38-33)15-21(7-8-22(29)26(42)34-17)40-24-14-18(16-39-12-10-28(31,32)11-13-39)2-9-23(24)35-27(40)36-25(41)19-3-5-20(30)6-4-19/h2-6,9,14,17,21-22H,7-8,10-13,15-16H2,1H3,(H,34,42)(H,35,36,41). The highest BCUT2D eigenvalue weighted by Crippen LogP contribution is 2.49. The van der Waals surface area contributed by atoms with E-state index in [0.717, 1.165) is 11.1 Å². The second-order valence-electron chi connectivity index (χ2n) is 11.6. The van der Waals surface area contributed by atoms with Gasteiger partial charge in [-0.15, -0.1) is 0 Å². The molecule has 2 aliphatic heterocycles. The number of likely N-dealkylation sites (tertiary alicyclic amines) is 1. The molecule has 2 saturated heterocycles. The van der Waals surface area contributed by atoms with Crippen molar-refractivity contribution in [3.05, 3.63) is 69.9 Å². The molecule has 2 N–H and O–H groups in total. The van der Waals surface area contributed by atoms with Crippen LogP contribution in [-0.2, 0) is 11.3 Å². The number of nitrogens with one attached hydrogen (secondary N) is 2. The molecule has 3 aromatic rings. The van der Waals surface area contributed by atoms with E-state index in [1.165, 1.54) is 24.3 Å². The lowest BCUT2D eigenvalue weighted by Gasteiger charge is -2.41. The first-order valence-electron chi connectivity index (χ1n) is 14.1. The molecule has 1 saturated carbocycles. The van der Waals surface area contributed by atoms with Crippen molar-refractivity contribution >= 4 is 28.8 Å². The van der Waals surface area contributed by atoms with E-state index >= 15 is 0 Å². The van der Waals surface area contributed by atoms with Crippen molar-refractivity contribution in [2.75, 3.05) is 18.4 Å². The average Bonchev–Trinajstić information content (AvgIpc) is 3.43. The van der Waals surface area contributed by atoms with Gasteiger partial charge in [0.1, 0.15) is 5.82 Å². The van der Waals surface area contributed by atoms with Crippen LogP contribution in [0.1, 0.15) is 61.0 Å². The molecule has 6 rings (SSSR count). The molecule has 42 heavy (non-hydrogen) atoms. The van der Waals surface area contributed by atoms with Gasteiger partial charge in [-0.1, -0.05) is 11.2 Å². The first kappa shape index (κ1) is 28.0. The molecule has 220 valence electrons. The Kier molecular flexibility index (Phi) is 7.10. The predicted octanol–water partition coefficient (Wildman–Crippen LogP) is 5.57. The summed E-state index contributed by atoms with van der Waals surface area (Å²) in [5.41, 5.74) is 11.0. The van der Waals surface area contributed by atoms with Crippen LogP contribution in [0.4, 0.5) is 19.1 Å². The van der Waals surface area contributed by atoms with E-state index in [-0.39, 0.29) is 42.3 Å². The number of piperidine rings is 1. The normalized spacial score (nSPS) is 27.2. The molecule has 1 aliphatic carbocycles. The summed E-state index contributed by atoms with van der Waals surface area (Å²) >= 11 is 0. The number of imidazole rings is 1. The summed E-state index contributed by atoms with van der Waals surface area (Å²) in [5.74, 6) is -3.88. The van der Waals surface area contributed by atoms with E-state index in [1.54, 1.807) is 0 Å². The maximum Gasteiger partial charge on any atom is 0.257 e.